The van der Waals surface area contributed by atoms with E-state index in [0.29, 0.717) is 22.1 Å². The fourth-order valence-electron chi connectivity index (χ4n) is 2.84. The standard InChI is InChI=1S/C22H21ClN2O4S/c1-16-4-3-5-19(14-16)25(30(27,28)21-12-6-17(23)7-13-21)15-22(26)24-18-8-10-20(29-2)11-9-18/h3-14H,15H2,1-2H3,(H,24,26). The summed E-state index contributed by atoms with van der Waals surface area (Å²) in [6.07, 6.45) is 0. The maximum absolute atomic E-state index is 13.3. The van der Waals surface area contributed by atoms with Crippen LogP contribution in [0.2, 0.25) is 5.02 Å². The monoisotopic (exact) mass is 444 g/mol. The van der Waals surface area contributed by atoms with Gasteiger partial charge >= 0.3 is 0 Å². The highest BCUT2D eigenvalue weighted by Gasteiger charge is 2.27. The molecule has 8 heteroatoms. The van der Waals surface area contributed by atoms with Crippen molar-refractivity contribution < 1.29 is 17.9 Å². The first kappa shape index (κ1) is 21.7. The van der Waals surface area contributed by atoms with Crippen LogP contribution in [0, 0.1) is 6.92 Å². The van der Waals surface area contributed by atoms with E-state index in [-0.39, 0.29) is 11.4 Å². The van der Waals surface area contributed by atoms with Gasteiger partial charge in [0.05, 0.1) is 17.7 Å². The molecular weight excluding hydrogens is 424 g/mol. The van der Waals surface area contributed by atoms with Gasteiger partial charge in [-0.25, -0.2) is 8.42 Å². The minimum atomic E-state index is -3.99. The quantitative estimate of drug-likeness (QED) is 0.582. The van der Waals surface area contributed by atoms with E-state index in [0.717, 1.165) is 9.87 Å². The van der Waals surface area contributed by atoms with Crippen molar-refractivity contribution in [2.75, 3.05) is 23.3 Å². The number of aryl methyl sites for hydroxylation is 1. The van der Waals surface area contributed by atoms with E-state index in [1.807, 2.05) is 13.0 Å². The van der Waals surface area contributed by atoms with Gasteiger partial charge in [-0.05, 0) is 73.2 Å². The Morgan fingerprint density at radius 1 is 1.03 bits per heavy atom. The molecule has 0 heterocycles. The van der Waals surface area contributed by atoms with E-state index in [1.165, 1.54) is 24.3 Å². The zero-order valence-electron chi connectivity index (χ0n) is 16.5. The molecule has 0 fully saturated rings. The number of hydrogen-bond donors (Lipinski definition) is 1. The molecule has 0 radical (unpaired) electrons. The molecule has 0 aliphatic rings. The topological polar surface area (TPSA) is 75.7 Å². The van der Waals surface area contributed by atoms with Gasteiger partial charge in [-0.2, -0.15) is 0 Å². The number of hydrogen-bond acceptors (Lipinski definition) is 4. The lowest BCUT2D eigenvalue weighted by atomic mass is 10.2. The highest BCUT2D eigenvalue weighted by Crippen LogP contribution is 2.25. The SMILES string of the molecule is COc1ccc(NC(=O)CN(c2cccc(C)c2)S(=O)(=O)c2ccc(Cl)cc2)cc1. The number of carbonyl (C=O) groups is 1. The lowest BCUT2D eigenvalue weighted by molar-refractivity contribution is -0.114. The third-order valence-electron chi connectivity index (χ3n) is 4.35. The van der Waals surface area contributed by atoms with Crippen molar-refractivity contribution in [1.29, 1.82) is 0 Å². The van der Waals surface area contributed by atoms with Gasteiger partial charge in [-0.15, -0.1) is 0 Å². The third kappa shape index (κ3) is 5.11. The zero-order chi connectivity index (χ0) is 21.7. The Morgan fingerprint density at radius 3 is 2.30 bits per heavy atom. The molecular formula is C22H21ClN2O4S. The number of anilines is 2. The Kier molecular flexibility index (Phi) is 6.64. The molecule has 6 nitrogen and oxygen atoms in total. The fraction of sp³-hybridized carbons (Fsp3) is 0.136. The number of methoxy groups -OCH3 is 1. The molecule has 0 aliphatic heterocycles. The van der Waals surface area contributed by atoms with E-state index in [9.17, 15) is 13.2 Å². The number of benzene rings is 3. The van der Waals surface area contributed by atoms with Crippen LogP contribution in [-0.4, -0.2) is 28.0 Å². The van der Waals surface area contributed by atoms with Crippen molar-refractivity contribution in [2.24, 2.45) is 0 Å². The minimum absolute atomic E-state index is 0.0469. The van der Waals surface area contributed by atoms with E-state index in [2.05, 4.69) is 5.32 Å². The Labute approximate surface area is 181 Å². The van der Waals surface area contributed by atoms with Crippen molar-refractivity contribution >= 4 is 38.9 Å². The number of sulfonamides is 1. The van der Waals surface area contributed by atoms with Crippen LogP contribution in [0.1, 0.15) is 5.56 Å². The summed E-state index contributed by atoms with van der Waals surface area (Å²) in [5.41, 5.74) is 1.81. The minimum Gasteiger partial charge on any atom is -0.497 e. The van der Waals surface area contributed by atoms with Gasteiger partial charge in [0.1, 0.15) is 12.3 Å². The van der Waals surface area contributed by atoms with Crippen LogP contribution in [0.15, 0.2) is 77.7 Å². The fourth-order valence-corrected chi connectivity index (χ4v) is 4.38. The Hall–Kier alpha value is -3.03. The summed E-state index contributed by atoms with van der Waals surface area (Å²) in [4.78, 5) is 12.7. The molecule has 3 aromatic carbocycles. The molecule has 156 valence electrons. The van der Waals surface area contributed by atoms with Gasteiger partial charge in [0.15, 0.2) is 0 Å². The summed E-state index contributed by atoms with van der Waals surface area (Å²) in [6, 6.07) is 19.6. The predicted octanol–water partition coefficient (Wildman–Crippen LogP) is 4.49. The smallest absolute Gasteiger partial charge is 0.264 e. The van der Waals surface area contributed by atoms with Gasteiger partial charge in [0, 0.05) is 10.7 Å². The van der Waals surface area contributed by atoms with Crippen molar-refractivity contribution in [3.63, 3.8) is 0 Å². The first-order valence-corrected chi connectivity index (χ1v) is 10.9. The summed E-state index contributed by atoms with van der Waals surface area (Å²) in [6.45, 7) is 1.47. The number of nitrogens with one attached hydrogen (secondary N) is 1. The van der Waals surface area contributed by atoms with E-state index >= 15 is 0 Å². The molecule has 0 aromatic heterocycles. The molecule has 0 unspecified atom stereocenters. The van der Waals surface area contributed by atoms with Gasteiger partial charge < -0.3 is 10.1 Å². The highest BCUT2D eigenvalue weighted by molar-refractivity contribution is 7.92. The maximum atomic E-state index is 13.3. The average molecular weight is 445 g/mol. The highest BCUT2D eigenvalue weighted by atomic mass is 35.5. The van der Waals surface area contributed by atoms with Gasteiger partial charge in [0.2, 0.25) is 5.91 Å². The largest absolute Gasteiger partial charge is 0.497 e. The second-order valence-corrected chi connectivity index (χ2v) is 8.88. The molecule has 0 saturated heterocycles. The second kappa shape index (κ2) is 9.19. The number of amides is 1. The number of rotatable bonds is 7. The number of halogens is 1. The van der Waals surface area contributed by atoms with Crippen molar-refractivity contribution in [2.45, 2.75) is 11.8 Å². The van der Waals surface area contributed by atoms with Crippen LogP contribution in [-0.2, 0) is 14.8 Å². The van der Waals surface area contributed by atoms with Gasteiger partial charge in [-0.3, -0.25) is 9.10 Å². The number of carbonyl (C=O) groups excluding carboxylic acids is 1. The average Bonchev–Trinajstić information content (AvgIpc) is 2.73. The normalized spacial score (nSPS) is 11.0. The number of ether oxygens (including phenoxy) is 1. The molecule has 3 aromatic rings. The Balaban J connectivity index is 1.91. The van der Waals surface area contributed by atoms with Crippen molar-refractivity contribution in [3.8, 4) is 5.75 Å². The van der Waals surface area contributed by atoms with E-state index in [1.54, 1.807) is 49.6 Å². The summed E-state index contributed by atoms with van der Waals surface area (Å²) in [7, 11) is -2.44. The van der Waals surface area contributed by atoms with E-state index in [4.69, 9.17) is 16.3 Å². The van der Waals surface area contributed by atoms with Crippen molar-refractivity contribution in [1.82, 2.24) is 0 Å². The van der Waals surface area contributed by atoms with Crippen LogP contribution >= 0.6 is 11.6 Å². The third-order valence-corrected chi connectivity index (χ3v) is 6.39. The van der Waals surface area contributed by atoms with Crippen LogP contribution < -0.4 is 14.4 Å². The lowest BCUT2D eigenvalue weighted by Gasteiger charge is -2.24. The lowest BCUT2D eigenvalue weighted by Crippen LogP contribution is -2.38. The Bertz CT molecular complexity index is 1130. The van der Waals surface area contributed by atoms with Crippen LogP contribution in [0.4, 0.5) is 11.4 Å². The second-order valence-electron chi connectivity index (χ2n) is 6.58. The predicted molar refractivity (Wildman–Crippen MR) is 119 cm³/mol. The summed E-state index contributed by atoms with van der Waals surface area (Å²) < 4.78 is 32.8. The zero-order valence-corrected chi connectivity index (χ0v) is 18.1. The molecule has 0 bridgehead atoms. The Morgan fingerprint density at radius 2 is 1.70 bits per heavy atom. The van der Waals surface area contributed by atoms with Gasteiger partial charge in [-0.1, -0.05) is 23.7 Å². The number of nitrogens with zero attached hydrogens (tertiary/aromatic N) is 1. The van der Waals surface area contributed by atoms with Crippen LogP contribution in [0.3, 0.4) is 0 Å². The van der Waals surface area contributed by atoms with E-state index < -0.39 is 15.9 Å². The summed E-state index contributed by atoms with van der Waals surface area (Å²) >= 11 is 5.89. The molecule has 0 atom stereocenters. The molecule has 0 spiro atoms. The first-order valence-electron chi connectivity index (χ1n) is 9.08. The summed E-state index contributed by atoms with van der Waals surface area (Å²) in [5, 5.41) is 3.14. The molecule has 3 rings (SSSR count). The molecule has 0 aliphatic carbocycles. The van der Waals surface area contributed by atoms with Crippen LogP contribution in [0.5, 0.6) is 5.75 Å². The van der Waals surface area contributed by atoms with Gasteiger partial charge in [0.25, 0.3) is 10.0 Å². The molecule has 30 heavy (non-hydrogen) atoms. The summed E-state index contributed by atoms with van der Waals surface area (Å²) in [5.74, 6) is 0.180. The first-order chi connectivity index (χ1) is 14.3. The van der Waals surface area contributed by atoms with Crippen molar-refractivity contribution in [3.05, 3.63) is 83.4 Å². The molecule has 1 amide bonds. The molecule has 0 saturated carbocycles. The molecule has 1 N–H and O–H groups in total. The van der Waals surface area contributed by atoms with Crippen LogP contribution in [0.25, 0.3) is 0 Å². The maximum Gasteiger partial charge on any atom is 0.264 e.